The number of carbonyl (C=O) groups is 1. The maximum absolute atomic E-state index is 10.9. The molecule has 0 N–H and O–H groups in total. The van der Waals surface area contributed by atoms with Crippen molar-refractivity contribution in [2.24, 2.45) is 5.92 Å². The van der Waals surface area contributed by atoms with Gasteiger partial charge in [0.25, 0.3) is 0 Å². The maximum Gasteiger partial charge on any atom is 0.306 e. The molecule has 2 nitrogen and oxygen atoms in total. The summed E-state index contributed by atoms with van der Waals surface area (Å²) in [7, 11) is 0. The van der Waals surface area contributed by atoms with Crippen molar-refractivity contribution in [2.75, 3.05) is 6.61 Å². The molecule has 11 heavy (non-hydrogen) atoms. The zero-order valence-electron chi connectivity index (χ0n) is 7.46. The van der Waals surface area contributed by atoms with Crippen LogP contribution in [0.25, 0.3) is 0 Å². The van der Waals surface area contributed by atoms with Crippen molar-refractivity contribution < 1.29 is 9.53 Å². The highest BCUT2D eigenvalue weighted by molar-refractivity contribution is 5.69. The predicted octanol–water partition coefficient (Wildman–Crippen LogP) is 2.15. The quantitative estimate of drug-likeness (QED) is 0.460. The van der Waals surface area contributed by atoms with Crippen molar-refractivity contribution >= 4 is 5.97 Å². The van der Waals surface area contributed by atoms with Crippen LogP contribution in [-0.4, -0.2) is 12.6 Å². The van der Waals surface area contributed by atoms with Crippen LogP contribution in [-0.2, 0) is 9.53 Å². The Labute approximate surface area is 68.2 Å². The molecule has 64 valence electrons. The average molecular weight is 156 g/mol. The minimum atomic E-state index is -0.113. The Kier molecular flexibility index (Phi) is 5.53. The molecule has 2 heteroatoms. The largest absolute Gasteiger partial charge is 0.466 e. The molecule has 0 aliphatic rings. The van der Waals surface area contributed by atoms with Gasteiger partial charge in [-0.1, -0.05) is 19.1 Å². The molecule has 0 heterocycles. The fourth-order valence-corrected chi connectivity index (χ4v) is 0.879. The van der Waals surface area contributed by atoms with Crippen molar-refractivity contribution in [3.63, 3.8) is 0 Å². The molecule has 0 unspecified atom stereocenters. The average Bonchev–Trinajstić information content (AvgIpc) is 1.87. The lowest BCUT2D eigenvalue weighted by molar-refractivity contribution is -0.143. The number of carbonyl (C=O) groups excluding carboxylic acids is 1. The number of allylic oxidation sites excluding steroid dienone is 2. The molecule has 0 radical (unpaired) electrons. The van der Waals surface area contributed by atoms with E-state index in [1.165, 1.54) is 0 Å². The molecule has 0 amide bonds. The number of hydrogen-bond acceptors (Lipinski definition) is 2. The number of esters is 1. The lowest BCUT2D eigenvalue weighted by Crippen LogP contribution is -2.07. The van der Waals surface area contributed by atoms with E-state index in [9.17, 15) is 4.79 Å². The fourth-order valence-electron chi connectivity index (χ4n) is 0.879. The normalized spacial score (nSPS) is 13.4. The van der Waals surface area contributed by atoms with Crippen molar-refractivity contribution in [2.45, 2.75) is 27.2 Å². The van der Waals surface area contributed by atoms with E-state index in [4.69, 9.17) is 4.74 Å². The number of rotatable bonds is 4. The van der Waals surface area contributed by atoms with Crippen molar-refractivity contribution in [3.05, 3.63) is 12.2 Å². The van der Waals surface area contributed by atoms with E-state index in [0.29, 0.717) is 18.9 Å². The summed E-state index contributed by atoms with van der Waals surface area (Å²) in [5.41, 5.74) is 0. The topological polar surface area (TPSA) is 26.3 Å². The van der Waals surface area contributed by atoms with E-state index >= 15 is 0 Å². The first-order valence-corrected chi connectivity index (χ1v) is 3.99. The smallest absolute Gasteiger partial charge is 0.306 e. The maximum atomic E-state index is 10.9. The summed E-state index contributed by atoms with van der Waals surface area (Å²) in [6.45, 7) is 6.23. The fraction of sp³-hybridized carbons (Fsp3) is 0.667. The monoisotopic (exact) mass is 156 g/mol. The minimum Gasteiger partial charge on any atom is -0.466 e. The highest BCUT2D eigenvalue weighted by Gasteiger charge is 2.05. The van der Waals surface area contributed by atoms with Crippen LogP contribution in [0, 0.1) is 5.92 Å². The molecule has 0 aromatic carbocycles. The molecular formula is C9H16O2. The van der Waals surface area contributed by atoms with Crippen LogP contribution in [0.4, 0.5) is 0 Å². The highest BCUT2D eigenvalue weighted by Crippen LogP contribution is 2.04. The standard InChI is InChI=1S/C9H16O2/c1-4-6-8(3)7-9(10)11-5-2/h4,6,8H,5,7H2,1-3H3/b6-4+/t8-/m1/s1. The summed E-state index contributed by atoms with van der Waals surface area (Å²) < 4.78 is 4.79. The molecular weight excluding hydrogens is 140 g/mol. The van der Waals surface area contributed by atoms with Crippen LogP contribution in [0.3, 0.4) is 0 Å². The molecule has 0 saturated carbocycles. The Hall–Kier alpha value is -0.790. The molecule has 0 aromatic rings. The van der Waals surface area contributed by atoms with Crippen LogP contribution in [0.5, 0.6) is 0 Å². The second-order valence-corrected chi connectivity index (χ2v) is 2.51. The van der Waals surface area contributed by atoms with Gasteiger partial charge in [0.15, 0.2) is 0 Å². The lowest BCUT2D eigenvalue weighted by atomic mass is 10.1. The van der Waals surface area contributed by atoms with Gasteiger partial charge in [-0.25, -0.2) is 0 Å². The first-order valence-electron chi connectivity index (χ1n) is 3.99. The Morgan fingerprint density at radius 2 is 2.27 bits per heavy atom. The van der Waals surface area contributed by atoms with Gasteiger partial charge in [0.05, 0.1) is 13.0 Å². The summed E-state index contributed by atoms with van der Waals surface area (Å²) in [4.78, 5) is 10.9. The summed E-state index contributed by atoms with van der Waals surface area (Å²) in [5.74, 6) is 0.178. The Morgan fingerprint density at radius 1 is 1.64 bits per heavy atom. The van der Waals surface area contributed by atoms with Crippen LogP contribution in [0.2, 0.25) is 0 Å². The van der Waals surface area contributed by atoms with Gasteiger partial charge in [0.1, 0.15) is 0 Å². The minimum absolute atomic E-state index is 0.113. The van der Waals surface area contributed by atoms with Gasteiger partial charge in [-0.3, -0.25) is 4.79 Å². The van der Waals surface area contributed by atoms with Gasteiger partial charge < -0.3 is 4.74 Å². The van der Waals surface area contributed by atoms with Gasteiger partial charge in [0.2, 0.25) is 0 Å². The van der Waals surface area contributed by atoms with E-state index < -0.39 is 0 Å². The SMILES string of the molecule is C/C=C/[C@@H](C)CC(=O)OCC. The van der Waals surface area contributed by atoms with Crippen molar-refractivity contribution in [1.82, 2.24) is 0 Å². The van der Waals surface area contributed by atoms with E-state index in [-0.39, 0.29) is 5.97 Å². The summed E-state index contributed by atoms with van der Waals surface area (Å²) in [6.07, 6.45) is 4.43. The van der Waals surface area contributed by atoms with Crippen LogP contribution in [0.1, 0.15) is 27.2 Å². The summed E-state index contributed by atoms with van der Waals surface area (Å²) in [6, 6.07) is 0. The lowest BCUT2D eigenvalue weighted by Gasteiger charge is -2.04. The Balaban J connectivity index is 3.57. The van der Waals surface area contributed by atoms with Crippen molar-refractivity contribution in [3.8, 4) is 0 Å². The zero-order valence-corrected chi connectivity index (χ0v) is 7.46. The van der Waals surface area contributed by atoms with E-state index in [0.717, 1.165) is 0 Å². The number of ether oxygens (including phenoxy) is 1. The van der Waals surface area contributed by atoms with Gasteiger partial charge in [-0.2, -0.15) is 0 Å². The second-order valence-electron chi connectivity index (χ2n) is 2.51. The van der Waals surface area contributed by atoms with Crippen LogP contribution in [0.15, 0.2) is 12.2 Å². The first-order chi connectivity index (χ1) is 5.20. The third-order valence-electron chi connectivity index (χ3n) is 1.31. The van der Waals surface area contributed by atoms with Crippen molar-refractivity contribution in [1.29, 1.82) is 0 Å². The van der Waals surface area contributed by atoms with Crippen LogP contribution < -0.4 is 0 Å². The molecule has 0 saturated heterocycles. The molecule has 0 spiro atoms. The van der Waals surface area contributed by atoms with Gasteiger partial charge in [-0.15, -0.1) is 0 Å². The van der Waals surface area contributed by atoms with Gasteiger partial charge in [-0.05, 0) is 19.8 Å². The third-order valence-corrected chi connectivity index (χ3v) is 1.31. The molecule has 0 aromatic heterocycles. The van der Waals surface area contributed by atoms with E-state index in [1.54, 1.807) is 0 Å². The van der Waals surface area contributed by atoms with Crippen LogP contribution >= 0.6 is 0 Å². The Bertz CT molecular complexity index is 138. The molecule has 0 fully saturated rings. The highest BCUT2D eigenvalue weighted by atomic mass is 16.5. The predicted molar refractivity (Wildman–Crippen MR) is 45.2 cm³/mol. The second kappa shape index (κ2) is 5.96. The molecule has 0 rings (SSSR count). The molecule has 0 bridgehead atoms. The molecule has 0 aliphatic carbocycles. The van der Waals surface area contributed by atoms with Gasteiger partial charge in [0, 0.05) is 0 Å². The first kappa shape index (κ1) is 10.2. The molecule has 0 aliphatic heterocycles. The summed E-state index contributed by atoms with van der Waals surface area (Å²) >= 11 is 0. The van der Waals surface area contributed by atoms with E-state index in [1.807, 2.05) is 32.9 Å². The number of hydrogen-bond donors (Lipinski definition) is 0. The third kappa shape index (κ3) is 5.64. The van der Waals surface area contributed by atoms with E-state index in [2.05, 4.69) is 0 Å². The molecule has 1 atom stereocenters. The zero-order chi connectivity index (χ0) is 8.69. The Morgan fingerprint density at radius 3 is 2.73 bits per heavy atom. The van der Waals surface area contributed by atoms with Gasteiger partial charge >= 0.3 is 5.97 Å². The summed E-state index contributed by atoms with van der Waals surface area (Å²) in [5, 5.41) is 0.